The number of ether oxygens (including phenoxy) is 1. The maximum Gasteiger partial charge on any atom is 0.306 e. The van der Waals surface area contributed by atoms with E-state index in [0.717, 1.165) is 24.8 Å². The second-order valence-electron chi connectivity index (χ2n) is 7.05. The topological polar surface area (TPSA) is 46.6 Å². The third-order valence-corrected chi connectivity index (χ3v) is 5.23. The zero-order chi connectivity index (χ0) is 19.1. The number of esters is 1. The van der Waals surface area contributed by atoms with Gasteiger partial charge in [-0.25, -0.2) is 0 Å². The van der Waals surface area contributed by atoms with Crippen molar-refractivity contribution in [2.24, 2.45) is 5.92 Å². The summed E-state index contributed by atoms with van der Waals surface area (Å²) in [5.41, 5.74) is 1.79. The summed E-state index contributed by atoms with van der Waals surface area (Å²) in [6, 6.07) is 19.5. The second-order valence-corrected chi connectivity index (χ2v) is 7.05. The van der Waals surface area contributed by atoms with E-state index in [0.29, 0.717) is 25.1 Å². The van der Waals surface area contributed by atoms with Crippen LogP contribution in [0.25, 0.3) is 0 Å². The van der Waals surface area contributed by atoms with Crippen molar-refractivity contribution in [1.82, 2.24) is 4.90 Å². The molecule has 0 radical (unpaired) electrons. The SMILES string of the molecule is CCOC(=O)C[C@H]1CCC[C@@H]1N(Cc1ccccc1)C(=O)c1ccccc1. The summed E-state index contributed by atoms with van der Waals surface area (Å²) in [6.07, 6.45) is 3.29. The van der Waals surface area contributed by atoms with Crippen molar-refractivity contribution in [1.29, 1.82) is 0 Å². The Labute approximate surface area is 161 Å². The maximum absolute atomic E-state index is 13.3. The van der Waals surface area contributed by atoms with E-state index in [1.165, 1.54) is 0 Å². The molecular weight excluding hydrogens is 338 g/mol. The predicted octanol–water partition coefficient (Wildman–Crippen LogP) is 4.45. The molecule has 0 bridgehead atoms. The zero-order valence-electron chi connectivity index (χ0n) is 15.8. The molecular formula is C23H27NO3. The lowest BCUT2D eigenvalue weighted by Gasteiger charge is -2.33. The highest BCUT2D eigenvalue weighted by atomic mass is 16.5. The first-order chi connectivity index (χ1) is 13.2. The van der Waals surface area contributed by atoms with Crippen molar-refractivity contribution in [3.05, 3.63) is 71.8 Å². The fraction of sp³-hybridized carbons (Fsp3) is 0.391. The van der Waals surface area contributed by atoms with Crippen LogP contribution in [0.2, 0.25) is 0 Å². The van der Waals surface area contributed by atoms with E-state index in [9.17, 15) is 9.59 Å². The summed E-state index contributed by atoms with van der Waals surface area (Å²) in [6.45, 7) is 2.77. The first-order valence-corrected chi connectivity index (χ1v) is 9.74. The van der Waals surface area contributed by atoms with Gasteiger partial charge in [-0.15, -0.1) is 0 Å². The predicted molar refractivity (Wildman–Crippen MR) is 105 cm³/mol. The number of amides is 1. The summed E-state index contributed by atoms with van der Waals surface area (Å²) in [5.74, 6) is 0.0156. The van der Waals surface area contributed by atoms with Gasteiger partial charge < -0.3 is 9.64 Å². The molecule has 1 saturated carbocycles. The fourth-order valence-electron chi connectivity index (χ4n) is 3.97. The first-order valence-electron chi connectivity index (χ1n) is 9.74. The van der Waals surface area contributed by atoms with Gasteiger partial charge in [-0.3, -0.25) is 9.59 Å². The van der Waals surface area contributed by atoms with Crippen LogP contribution in [0.5, 0.6) is 0 Å². The summed E-state index contributed by atoms with van der Waals surface area (Å²) in [7, 11) is 0. The number of rotatable bonds is 7. The quantitative estimate of drug-likeness (QED) is 0.681. The normalized spacial score (nSPS) is 18.9. The molecule has 1 fully saturated rings. The summed E-state index contributed by atoms with van der Waals surface area (Å²) < 4.78 is 5.15. The van der Waals surface area contributed by atoms with Gasteiger partial charge in [-0.05, 0) is 43.4 Å². The van der Waals surface area contributed by atoms with Gasteiger partial charge in [-0.1, -0.05) is 55.0 Å². The Morgan fingerprint density at radius 1 is 1.00 bits per heavy atom. The molecule has 1 aliphatic carbocycles. The highest BCUT2D eigenvalue weighted by Crippen LogP contribution is 2.34. The van der Waals surface area contributed by atoms with Gasteiger partial charge in [0.05, 0.1) is 13.0 Å². The average Bonchev–Trinajstić information content (AvgIpc) is 3.15. The van der Waals surface area contributed by atoms with Crippen LogP contribution >= 0.6 is 0 Å². The molecule has 4 nitrogen and oxygen atoms in total. The molecule has 2 atom stereocenters. The molecule has 0 saturated heterocycles. The molecule has 2 aromatic rings. The van der Waals surface area contributed by atoms with Crippen molar-refractivity contribution < 1.29 is 14.3 Å². The van der Waals surface area contributed by atoms with Crippen LogP contribution in [0, 0.1) is 5.92 Å². The van der Waals surface area contributed by atoms with Crippen molar-refractivity contribution in [3.63, 3.8) is 0 Å². The third kappa shape index (κ3) is 4.97. The van der Waals surface area contributed by atoms with E-state index in [1.807, 2.05) is 72.5 Å². The Balaban J connectivity index is 1.84. The van der Waals surface area contributed by atoms with Crippen LogP contribution in [0.15, 0.2) is 60.7 Å². The van der Waals surface area contributed by atoms with Gasteiger partial charge in [-0.2, -0.15) is 0 Å². The molecule has 1 aliphatic rings. The van der Waals surface area contributed by atoms with Crippen molar-refractivity contribution in [2.75, 3.05) is 6.61 Å². The van der Waals surface area contributed by atoms with Gasteiger partial charge in [0.25, 0.3) is 5.91 Å². The van der Waals surface area contributed by atoms with Gasteiger partial charge >= 0.3 is 5.97 Å². The Morgan fingerprint density at radius 2 is 1.67 bits per heavy atom. The van der Waals surface area contributed by atoms with E-state index in [4.69, 9.17) is 4.74 Å². The van der Waals surface area contributed by atoms with Crippen molar-refractivity contribution >= 4 is 11.9 Å². The van der Waals surface area contributed by atoms with Crippen LogP contribution in [-0.2, 0) is 16.1 Å². The third-order valence-electron chi connectivity index (χ3n) is 5.23. The van der Waals surface area contributed by atoms with Crippen molar-refractivity contribution in [2.45, 2.75) is 45.2 Å². The van der Waals surface area contributed by atoms with E-state index in [2.05, 4.69) is 0 Å². The largest absolute Gasteiger partial charge is 0.466 e. The van der Waals surface area contributed by atoms with E-state index in [-0.39, 0.29) is 23.8 Å². The monoisotopic (exact) mass is 365 g/mol. The number of benzene rings is 2. The molecule has 142 valence electrons. The molecule has 0 unspecified atom stereocenters. The van der Waals surface area contributed by atoms with Crippen LogP contribution in [0.3, 0.4) is 0 Å². The lowest BCUT2D eigenvalue weighted by Crippen LogP contribution is -2.42. The van der Waals surface area contributed by atoms with Crippen LogP contribution in [-0.4, -0.2) is 29.4 Å². The lowest BCUT2D eigenvalue weighted by atomic mass is 9.96. The lowest BCUT2D eigenvalue weighted by molar-refractivity contribution is -0.144. The molecule has 27 heavy (non-hydrogen) atoms. The van der Waals surface area contributed by atoms with Gasteiger partial charge in [0.1, 0.15) is 0 Å². The molecule has 0 aliphatic heterocycles. The van der Waals surface area contributed by atoms with Crippen LogP contribution < -0.4 is 0 Å². The van der Waals surface area contributed by atoms with Gasteiger partial charge in [0.15, 0.2) is 0 Å². The Kier molecular flexibility index (Phi) is 6.64. The first kappa shape index (κ1) is 19.2. The summed E-state index contributed by atoms with van der Waals surface area (Å²) in [5, 5.41) is 0. The number of hydrogen-bond donors (Lipinski definition) is 0. The molecule has 2 aromatic carbocycles. The molecule has 0 spiro atoms. The minimum Gasteiger partial charge on any atom is -0.466 e. The molecule has 0 aromatic heterocycles. The summed E-state index contributed by atoms with van der Waals surface area (Å²) in [4.78, 5) is 27.3. The molecule has 0 heterocycles. The fourth-order valence-corrected chi connectivity index (χ4v) is 3.97. The minimum atomic E-state index is -0.166. The molecule has 4 heteroatoms. The molecule has 3 rings (SSSR count). The maximum atomic E-state index is 13.3. The second kappa shape index (κ2) is 9.36. The zero-order valence-corrected chi connectivity index (χ0v) is 15.8. The number of carbonyl (C=O) groups excluding carboxylic acids is 2. The Hall–Kier alpha value is -2.62. The standard InChI is InChI=1S/C23H27NO3/c1-2-27-22(25)16-20-14-9-15-21(20)24(17-18-10-5-3-6-11-18)23(26)19-12-7-4-8-13-19/h3-8,10-13,20-21H,2,9,14-17H2,1H3/t20-,21+/m1/s1. The highest BCUT2D eigenvalue weighted by Gasteiger charge is 2.36. The number of hydrogen-bond acceptors (Lipinski definition) is 3. The summed E-state index contributed by atoms with van der Waals surface area (Å²) >= 11 is 0. The van der Waals surface area contributed by atoms with E-state index < -0.39 is 0 Å². The minimum absolute atomic E-state index is 0.0280. The Bertz CT molecular complexity index is 745. The van der Waals surface area contributed by atoms with E-state index >= 15 is 0 Å². The van der Waals surface area contributed by atoms with Crippen molar-refractivity contribution in [3.8, 4) is 0 Å². The van der Waals surface area contributed by atoms with Gasteiger partial charge in [0.2, 0.25) is 0 Å². The highest BCUT2D eigenvalue weighted by molar-refractivity contribution is 5.94. The van der Waals surface area contributed by atoms with E-state index in [1.54, 1.807) is 0 Å². The smallest absolute Gasteiger partial charge is 0.306 e. The number of nitrogens with zero attached hydrogens (tertiary/aromatic N) is 1. The average molecular weight is 365 g/mol. The van der Waals surface area contributed by atoms with Crippen LogP contribution in [0.1, 0.15) is 48.5 Å². The molecule has 1 amide bonds. The Morgan fingerprint density at radius 3 is 2.33 bits per heavy atom. The van der Waals surface area contributed by atoms with Crippen LogP contribution in [0.4, 0.5) is 0 Å². The number of carbonyl (C=O) groups is 2. The van der Waals surface area contributed by atoms with Gasteiger partial charge in [0, 0.05) is 18.2 Å². The molecule has 0 N–H and O–H groups in total.